The van der Waals surface area contributed by atoms with Gasteiger partial charge in [0, 0.05) is 23.9 Å². The highest BCUT2D eigenvalue weighted by Gasteiger charge is 2.24. The number of para-hydroxylation sites is 2. The van der Waals surface area contributed by atoms with Gasteiger partial charge in [-0.25, -0.2) is 4.98 Å². The van der Waals surface area contributed by atoms with Crippen LogP contribution in [0.5, 0.6) is 0 Å². The number of hydrogen-bond donors (Lipinski definition) is 0. The molecule has 108 valence electrons. The first kappa shape index (κ1) is 13.0. The summed E-state index contributed by atoms with van der Waals surface area (Å²) < 4.78 is 0. The van der Waals surface area contributed by atoms with Crippen LogP contribution in [-0.2, 0) is 4.79 Å². The third kappa shape index (κ3) is 2.15. The van der Waals surface area contributed by atoms with Crippen molar-refractivity contribution >= 4 is 22.5 Å². The lowest BCUT2D eigenvalue weighted by Gasteiger charge is -2.19. The molecule has 0 N–H and O–H groups in total. The molecule has 0 bridgehead atoms. The second-order valence-electron chi connectivity index (χ2n) is 5.56. The third-order valence-electron chi connectivity index (χ3n) is 4.14. The van der Waals surface area contributed by atoms with Crippen molar-refractivity contribution in [3.05, 3.63) is 60.7 Å². The van der Waals surface area contributed by atoms with E-state index in [1.165, 1.54) is 0 Å². The number of amides is 1. The van der Waals surface area contributed by atoms with Gasteiger partial charge in [-0.05, 0) is 24.6 Å². The van der Waals surface area contributed by atoms with Crippen molar-refractivity contribution in [3.8, 4) is 11.3 Å². The molecule has 0 aliphatic carbocycles. The van der Waals surface area contributed by atoms with Gasteiger partial charge in [0.1, 0.15) is 0 Å². The number of rotatable bonds is 2. The van der Waals surface area contributed by atoms with Crippen LogP contribution in [0.15, 0.2) is 60.7 Å². The molecule has 1 amide bonds. The van der Waals surface area contributed by atoms with Crippen molar-refractivity contribution in [1.29, 1.82) is 0 Å². The Bertz CT molecular complexity index is 857. The van der Waals surface area contributed by atoms with E-state index >= 15 is 0 Å². The van der Waals surface area contributed by atoms with Gasteiger partial charge in [0.25, 0.3) is 0 Å². The number of pyridine rings is 1. The van der Waals surface area contributed by atoms with Crippen LogP contribution in [-0.4, -0.2) is 17.4 Å². The molecule has 2 aromatic carbocycles. The zero-order valence-electron chi connectivity index (χ0n) is 12.2. The van der Waals surface area contributed by atoms with E-state index in [-0.39, 0.29) is 5.91 Å². The molecular formula is C19H16N2O. The largest absolute Gasteiger partial charge is 0.312 e. The van der Waals surface area contributed by atoms with E-state index in [0.717, 1.165) is 40.8 Å². The summed E-state index contributed by atoms with van der Waals surface area (Å²) in [5.74, 6) is 0.202. The van der Waals surface area contributed by atoms with Gasteiger partial charge in [0.15, 0.2) is 0 Å². The van der Waals surface area contributed by atoms with E-state index in [4.69, 9.17) is 4.98 Å². The van der Waals surface area contributed by atoms with Crippen molar-refractivity contribution in [2.45, 2.75) is 12.8 Å². The quantitative estimate of drug-likeness (QED) is 0.713. The van der Waals surface area contributed by atoms with Crippen LogP contribution in [0, 0.1) is 0 Å². The average Bonchev–Trinajstić information content (AvgIpc) is 3.00. The smallest absolute Gasteiger partial charge is 0.227 e. The third-order valence-corrected chi connectivity index (χ3v) is 4.14. The summed E-state index contributed by atoms with van der Waals surface area (Å²) in [6.45, 7) is 0.795. The number of carbonyl (C=O) groups is 1. The van der Waals surface area contributed by atoms with Crippen LogP contribution in [0.3, 0.4) is 0 Å². The molecule has 3 heteroatoms. The fourth-order valence-corrected chi connectivity index (χ4v) is 3.04. The Kier molecular flexibility index (Phi) is 3.11. The molecule has 3 aromatic rings. The number of hydrogen-bond acceptors (Lipinski definition) is 2. The second-order valence-corrected chi connectivity index (χ2v) is 5.56. The van der Waals surface area contributed by atoms with Gasteiger partial charge in [-0.2, -0.15) is 0 Å². The molecule has 0 radical (unpaired) electrons. The molecule has 1 aromatic heterocycles. The van der Waals surface area contributed by atoms with Crippen molar-refractivity contribution < 1.29 is 4.79 Å². The van der Waals surface area contributed by atoms with Gasteiger partial charge < -0.3 is 4.90 Å². The van der Waals surface area contributed by atoms with Gasteiger partial charge >= 0.3 is 0 Å². The maximum absolute atomic E-state index is 12.1. The molecule has 1 aliphatic rings. The lowest BCUT2D eigenvalue weighted by Crippen LogP contribution is -2.24. The summed E-state index contributed by atoms with van der Waals surface area (Å²) in [5.41, 5.74) is 3.87. The first-order chi connectivity index (χ1) is 10.8. The van der Waals surface area contributed by atoms with Gasteiger partial charge in [0.05, 0.1) is 16.9 Å². The summed E-state index contributed by atoms with van der Waals surface area (Å²) in [5, 5.41) is 1.13. The topological polar surface area (TPSA) is 33.2 Å². The van der Waals surface area contributed by atoms with Gasteiger partial charge in [-0.3, -0.25) is 4.79 Å². The molecule has 4 rings (SSSR count). The number of anilines is 1. The van der Waals surface area contributed by atoms with Crippen molar-refractivity contribution in [1.82, 2.24) is 4.98 Å². The SMILES string of the molecule is O=C1CCCN1c1ccccc1-c1ccc2ccccc2n1. The summed E-state index contributed by atoms with van der Waals surface area (Å²) >= 11 is 0. The summed E-state index contributed by atoms with van der Waals surface area (Å²) in [4.78, 5) is 18.7. The standard InChI is InChI=1S/C19H16N2O/c22-19-10-5-13-21(19)18-9-4-2-7-15(18)17-12-11-14-6-1-3-8-16(14)20-17/h1-4,6-9,11-12H,5,10,13H2. The Balaban J connectivity index is 1.86. The second kappa shape index (κ2) is 5.26. The molecule has 0 atom stereocenters. The molecule has 22 heavy (non-hydrogen) atoms. The maximum atomic E-state index is 12.1. The molecule has 1 saturated heterocycles. The highest BCUT2D eigenvalue weighted by atomic mass is 16.2. The van der Waals surface area contributed by atoms with Crippen LogP contribution in [0.2, 0.25) is 0 Å². The van der Waals surface area contributed by atoms with E-state index in [0.29, 0.717) is 6.42 Å². The van der Waals surface area contributed by atoms with Crippen molar-refractivity contribution in [2.75, 3.05) is 11.4 Å². The lowest BCUT2D eigenvalue weighted by atomic mass is 10.1. The average molecular weight is 288 g/mol. The first-order valence-electron chi connectivity index (χ1n) is 7.58. The minimum atomic E-state index is 0.202. The maximum Gasteiger partial charge on any atom is 0.227 e. The Morgan fingerprint density at radius 2 is 1.73 bits per heavy atom. The fraction of sp³-hybridized carbons (Fsp3) is 0.158. The van der Waals surface area contributed by atoms with Crippen molar-refractivity contribution in [3.63, 3.8) is 0 Å². The van der Waals surface area contributed by atoms with E-state index in [9.17, 15) is 4.79 Å². The normalized spacial score (nSPS) is 14.7. The Morgan fingerprint density at radius 1 is 0.909 bits per heavy atom. The molecule has 0 saturated carbocycles. The monoisotopic (exact) mass is 288 g/mol. The molecular weight excluding hydrogens is 272 g/mol. The molecule has 0 spiro atoms. The number of carbonyl (C=O) groups excluding carboxylic acids is 1. The van der Waals surface area contributed by atoms with Gasteiger partial charge in [-0.15, -0.1) is 0 Å². The van der Waals surface area contributed by atoms with Gasteiger partial charge in [-0.1, -0.05) is 42.5 Å². The van der Waals surface area contributed by atoms with Crippen molar-refractivity contribution in [2.24, 2.45) is 0 Å². The number of fused-ring (bicyclic) bond motifs is 1. The molecule has 1 fully saturated rings. The van der Waals surface area contributed by atoms with Crippen LogP contribution in [0.1, 0.15) is 12.8 Å². The first-order valence-corrected chi connectivity index (χ1v) is 7.58. The van der Waals surface area contributed by atoms with E-state index < -0.39 is 0 Å². The lowest BCUT2D eigenvalue weighted by molar-refractivity contribution is -0.117. The van der Waals surface area contributed by atoms with Crippen LogP contribution < -0.4 is 4.90 Å². The fourth-order valence-electron chi connectivity index (χ4n) is 3.04. The molecule has 1 aliphatic heterocycles. The predicted octanol–water partition coefficient (Wildman–Crippen LogP) is 4.03. The van der Waals surface area contributed by atoms with Crippen LogP contribution >= 0.6 is 0 Å². The molecule has 0 unspecified atom stereocenters. The van der Waals surface area contributed by atoms with Crippen LogP contribution in [0.4, 0.5) is 5.69 Å². The highest BCUT2D eigenvalue weighted by Crippen LogP contribution is 2.32. The Hall–Kier alpha value is -2.68. The Labute approximate surface area is 129 Å². The minimum Gasteiger partial charge on any atom is -0.312 e. The highest BCUT2D eigenvalue weighted by molar-refractivity contribution is 5.99. The zero-order valence-corrected chi connectivity index (χ0v) is 12.2. The molecule has 3 nitrogen and oxygen atoms in total. The van der Waals surface area contributed by atoms with E-state index in [1.807, 2.05) is 53.4 Å². The number of benzene rings is 2. The summed E-state index contributed by atoms with van der Waals surface area (Å²) in [7, 11) is 0. The van der Waals surface area contributed by atoms with E-state index in [2.05, 4.69) is 12.1 Å². The number of nitrogens with zero attached hydrogens (tertiary/aromatic N) is 2. The summed E-state index contributed by atoms with van der Waals surface area (Å²) in [6, 6.07) is 20.2. The zero-order chi connectivity index (χ0) is 14.9. The number of aromatic nitrogens is 1. The van der Waals surface area contributed by atoms with Crippen LogP contribution in [0.25, 0.3) is 22.2 Å². The summed E-state index contributed by atoms with van der Waals surface area (Å²) in [6.07, 6.45) is 1.57. The van der Waals surface area contributed by atoms with E-state index in [1.54, 1.807) is 0 Å². The predicted molar refractivity (Wildman–Crippen MR) is 88.8 cm³/mol. The minimum absolute atomic E-state index is 0.202. The van der Waals surface area contributed by atoms with Gasteiger partial charge in [0.2, 0.25) is 5.91 Å². The molecule has 2 heterocycles. The Morgan fingerprint density at radius 3 is 2.59 bits per heavy atom.